The third-order valence-electron chi connectivity index (χ3n) is 3.41. The van der Waals surface area contributed by atoms with Gasteiger partial charge >= 0.3 is 0 Å². The van der Waals surface area contributed by atoms with Crippen molar-refractivity contribution >= 4 is 0 Å². The summed E-state index contributed by atoms with van der Waals surface area (Å²) in [5.41, 5.74) is 2.74. The summed E-state index contributed by atoms with van der Waals surface area (Å²) in [5.74, 6) is 0.796. The Labute approximate surface area is 113 Å². The molecule has 0 amide bonds. The third kappa shape index (κ3) is 2.53. The van der Waals surface area contributed by atoms with Gasteiger partial charge in [0, 0.05) is 30.8 Å². The van der Waals surface area contributed by atoms with E-state index in [1.807, 2.05) is 39.4 Å². The Morgan fingerprint density at radius 3 is 2.53 bits per heavy atom. The predicted octanol–water partition coefficient (Wildman–Crippen LogP) is 1.49. The van der Waals surface area contributed by atoms with Gasteiger partial charge in [-0.3, -0.25) is 4.68 Å². The summed E-state index contributed by atoms with van der Waals surface area (Å²) in [6.45, 7) is 7.97. The van der Waals surface area contributed by atoms with Crippen LogP contribution in [0, 0.1) is 13.8 Å². The predicted molar refractivity (Wildman–Crippen MR) is 71.8 cm³/mol. The number of aromatic nitrogens is 5. The first-order chi connectivity index (χ1) is 8.91. The van der Waals surface area contributed by atoms with Crippen LogP contribution >= 0.6 is 0 Å². The molecule has 0 saturated carbocycles. The molecule has 6 heteroatoms. The minimum atomic E-state index is -0.601. The highest BCUT2D eigenvalue weighted by Gasteiger charge is 2.21. The summed E-state index contributed by atoms with van der Waals surface area (Å²) in [5, 5.41) is 19.0. The van der Waals surface area contributed by atoms with Gasteiger partial charge in [0.2, 0.25) is 0 Å². The number of aryl methyl sites for hydroxylation is 2. The van der Waals surface area contributed by atoms with Gasteiger partial charge in [0.25, 0.3) is 0 Å². The quantitative estimate of drug-likeness (QED) is 0.907. The molecule has 2 heterocycles. The maximum atomic E-state index is 10.4. The molecule has 0 bridgehead atoms. The van der Waals surface area contributed by atoms with E-state index in [0.29, 0.717) is 6.42 Å². The largest absolute Gasteiger partial charge is 0.388 e. The van der Waals surface area contributed by atoms with E-state index in [2.05, 4.69) is 15.2 Å². The maximum Gasteiger partial charge on any atom is 0.138 e. The molecule has 19 heavy (non-hydrogen) atoms. The van der Waals surface area contributed by atoms with Crippen LogP contribution in [0.4, 0.5) is 0 Å². The van der Waals surface area contributed by atoms with Crippen LogP contribution < -0.4 is 0 Å². The second-order valence-corrected chi connectivity index (χ2v) is 5.14. The molecular weight excluding hydrogens is 242 g/mol. The van der Waals surface area contributed by atoms with Crippen LogP contribution in [0.2, 0.25) is 0 Å². The Morgan fingerprint density at radius 2 is 2.00 bits per heavy atom. The average molecular weight is 263 g/mol. The second-order valence-electron chi connectivity index (χ2n) is 5.14. The monoisotopic (exact) mass is 263 g/mol. The molecule has 0 radical (unpaired) electrons. The van der Waals surface area contributed by atoms with Crippen molar-refractivity contribution in [1.29, 1.82) is 0 Å². The van der Waals surface area contributed by atoms with E-state index in [1.165, 1.54) is 6.33 Å². The summed E-state index contributed by atoms with van der Waals surface area (Å²) >= 11 is 0. The Morgan fingerprint density at radius 1 is 1.32 bits per heavy atom. The van der Waals surface area contributed by atoms with E-state index >= 15 is 0 Å². The Kier molecular flexibility index (Phi) is 3.71. The molecule has 104 valence electrons. The molecule has 2 aromatic heterocycles. The SMILES string of the molecule is Cc1nn(C)c(C)c1C(O)Cc1ncnn1C(C)C. The van der Waals surface area contributed by atoms with Gasteiger partial charge in [-0.05, 0) is 27.7 Å². The molecule has 0 saturated heterocycles. The lowest BCUT2D eigenvalue weighted by Gasteiger charge is -2.14. The second kappa shape index (κ2) is 5.13. The first kappa shape index (κ1) is 13.7. The lowest BCUT2D eigenvalue weighted by atomic mass is 10.0. The average Bonchev–Trinajstić information content (AvgIpc) is 2.85. The number of rotatable bonds is 4. The van der Waals surface area contributed by atoms with E-state index in [4.69, 9.17) is 0 Å². The summed E-state index contributed by atoms with van der Waals surface area (Å²) in [6, 6.07) is 0.237. The van der Waals surface area contributed by atoms with Crippen LogP contribution in [0.25, 0.3) is 0 Å². The van der Waals surface area contributed by atoms with Crippen molar-refractivity contribution < 1.29 is 5.11 Å². The van der Waals surface area contributed by atoms with Gasteiger partial charge in [0.05, 0.1) is 11.8 Å². The summed E-state index contributed by atoms with van der Waals surface area (Å²) in [7, 11) is 1.88. The smallest absolute Gasteiger partial charge is 0.138 e. The van der Waals surface area contributed by atoms with Gasteiger partial charge in [-0.1, -0.05) is 0 Å². The summed E-state index contributed by atoms with van der Waals surface area (Å²) in [6.07, 6.45) is 1.38. The Balaban J connectivity index is 2.26. The van der Waals surface area contributed by atoms with Crippen LogP contribution in [-0.4, -0.2) is 29.7 Å². The zero-order chi connectivity index (χ0) is 14.2. The van der Waals surface area contributed by atoms with Gasteiger partial charge in [-0.2, -0.15) is 10.2 Å². The molecule has 0 aliphatic carbocycles. The minimum Gasteiger partial charge on any atom is -0.388 e. The van der Waals surface area contributed by atoms with Crippen molar-refractivity contribution in [3.05, 3.63) is 29.1 Å². The van der Waals surface area contributed by atoms with Gasteiger partial charge in [-0.25, -0.2) is 9.67 Å². The molecule has 2 aromatic rings. The van der Waals surface area contributed by atoms with Crippen LogP contribution in [-0.2, 0) is 13.5 Å². The van der Waals surface area contributed by atoms with E-state index < -0.39 is 6.10 Å². The molecule has 2 rings (SSSR count). The van der Waals surface area contributed by atoms with Gasteiger partial charge in [0.15, 0.2) is 0 Å². The minimum absolute atomic E-state index is 0.237. The van der Waals surface area contributed by atoms with Crippen LogP contribution in [0.1, 0.15) is 48.8 Å². The van der Waals surface area contributed by atoms with Gasteiger partial charge in [-0.15, -0.1) is 0 Å². The number of nitrogens with zero attached hydrogens (tertiary/aromatic N) is 5. The highest BCUT2D eigenvalue weighted by Crippen LogP contribution is 2.24. The van der Waals surface area contributed by atoms with Crippen molar-refractivity contribution in [1.82, 2.24) is 24.5 Å². The van der Waals surface area contributed by atoms with Crippen LogP contribution in [0.15, 0.2) is 6.33 Å². The first-order valence-electron chi connectivity index (χ1n) is 6.48. The number of hydrogen-bond donors (Lipinski definition) is 1. The molecule has 0 fully saturated rings. The number of aliphatic hydroxyl groups is 1. The normalized spacial score (nSPS) is 13.2. The zero-order valence-electron chi connectivity index (χ0n) is 12.1. The number of hydrogen-bond acceptors (Lipinski definition) is 4. The highest BCUT2D eigenvalue weighted by atomic mass is 16.3. The number of aliphatic hydroxyl groups excluding tert-OH is 1. The lowest BCUT2D eigenvalue weighted by Crippen LogP contribution is -2.13. The molecule has 0 spiro atoms. The van der Waals surface area contributed by atoms with Crippen molar-refractivity contribution in [3.63, 3.8) is 0 Å². The van der Waals surface area contributed by atoms with E-state index in [1.54, 1.807) is 4.68 Å². The molecule has 0 aliphatic heterocycles. The third-order valence-corrected chi connectivity index (χ3v) is 3.41. The Hall–Kier alpha value is -1.69. The maximum absolute atomic E-state index is 10.4. The van der Waals surface area contributed by atoms with Gasteiger partial charge in [0.1, 0.15) is 12.2 Å². The molecule has 1 N–H and O–H groups in total. The lowest BCUT2D eigenvalue weighted by molar-refractivity contribution is 0.172. The fourth-order valence-corrected chi connectivity index (χ4v) is 2.40. The van der Waals surface area contributed by atoms with Crippen molar-refractivity contribution in [3.8, 4) is 0 Å². The highest BCUT2D eigenvalue weighted by molar-refractivity contribution is 5.27. The summed E-state index contributed by atoms with van der Waals surface area (Å²) < 4.78 is 3.63. The molecule has 6 nitrogen and oxygen atoms in total. The molecule has 1 atom stereocenters. The van der Waals surface area contributed by atoms with Crippen LogP contribution in [0.5, 0.6) is 0 Å². The molecule has 0 aliphatic rings. The topological polar surface area (TPSA) is 68.8 Å². The van der Waals surface area contributed by atoms with E-state index in [0.717, 1.165) is 22.8 Å². The molecule has 1 unspecified atom stereocenters. The van der Waals surface area contributed by atoms with E-state index in [9.17, 15) is 5.11 Å². The van der Waals surface area contributed by atoms with Gasteiger partial charge < -0.3 is 5.11 Å². The van der Waals surface area contributed by atoms with E-state index in [-0.39, 0.29) is 6.04 Å². The standard InChI is InChI=1S/C13H21N5O/c1-8(2)18-12(14-7-15-18)6-11(19)13-9(3)16-17(5)10(13)4/h7-8,11,19H,6H2,1-5H3. The first-order valence-corrected chi connectivity index (χ1v) is 6.48. The fraction of sp³-hybridized carbons (Fsp3) is 0.615. The fourth-order valence-electron chi connectivity index (χ4n) is 2.40. The zero-order valence-corrected chi connectivity index (χ0v) is 12.1. The molecule has 0 aromatic carbocycles. The van der Waals surface area contributed by atoms with Crippen molar-refractivity contribution in [2.75, 3.05) is 0 Å². The van der Waals surface area contributed by atoms with Crippen molar-refractivity contribution in [2.24, 2.45) is 7.05 Å². The summed E-state index contributed by atoms with van der Waals surface area (Å²) in [4.78, 5) is 4.23. The Bertz CT molecular complexity index is 570. The molecular formula is C13H21N5O. The van der Waals surface area contributed by atoms with Crippen LogP contribution in [0.3, 0.4) is 0 Å². The van der Waals surface area contributed by atoms with Crippen molar-refractivity contribution in [2.45, 2.75) is 46.3 Å².